The van der Waals surface area contributed by atoms with E-state index in [0.717, 1.165) is 29.0 Å². The van der Waals surface area contributed by atoms with Crippen molar-refractivity contribution in [2.45, 2.75) is 23.3 Å². The van der Waals surface area contributed by atoms with Crippen LogP contribution >= 0.6 is 35.6 Å². The lowest BCUT2D eigenvalue weighted by Crippen LogP contribution is -2.24. The number of carboxylic acids is 1. The maximum atomic E-state index is 11.3. The molecule has 26 heavy (non-hydrogen) atoms. The Balaban J connectivity index is 1.85. The summed E-state index contributed by atoms with van der Waals surface area (Å²) < 4.78 is 5.90. The molecule has 4 nitrogen and oxygen atoms in total. The lowest BCUT2D eigenvalue weighted by atomic mass is 9.99. The molecule has 0 amide bonds. The number of fused-ring (bicyclic) bond motifs is 2. The van der Waals surface area contributed by atoms with Gasteiger partial charge in [-0.05, 0) is 29.3 Å². The normalized spacial score (nSPS) is 21.2. The number of carbonyl (C=O) groups is 1. The van der Waals surface area contributed by atoms with E-state index in [0.29, 0.717) is 16.6 Å². The van der Waals surface area contributed by atoms with Crippen molar-refractivity contribution in [2.75, 3.05) is 11.9 Å². The molecule has 0 fully saturated rings. The SMILES string of the molecule is O=C(O)CC1SC(c2cccc3c2OCC3)c2cc(Cl)ccc2NC1=S. The molecule has 0 radical (unpaired) electrons. The number of rotatable bonds is 3. The quantitative estimate of drug-likeness (QED) is 0.722. The molecule has 2 atom stereocenters. The van der Waals surface area contributed by atoms with Gasteiger partial charge in [0, 0.05) is 22.7 Å². The van der Waals surface area contributed by atoms with Crippen molar-refractivity contribution in [1.82, 2.24) is 0 Å². The molecule has 2 unspecified atom stereocenters. The fourth-order valence-electron chi connectivity index (χ4n) is 3.36. The molecule has 0 bridgehead atoms. The lowest BCUT2D eigenvalue weighted by molar-refractivity contribution is -0.136. The number of anilines is 1. The number of thiocarbonyl (C=S) groups is 1. The summed E-state index contributed by atoms with van der Waals surface area (Å²) in [6, 6.07) is 11.8. The van der Waals surface area contributed by atoms with Crippen LogP contribution in [0, 0.1) is 0 Å². The standard InChI is InChI=1S/C19H16ClNO3S2/c20-11-4-5-14-13(8-11)18(26-15(9-16(22)23)19(25)21-14)12-3-1-2-10-6-7-24-17(10)12/h1-5,8,15,18H,6-7,9H2,(H,21,25)(H,22,23). The van der Waals surface area contributed by atoms with Gasteiger partial charge in [-0.1, -0.05) is 42.0 Å². The van der Waals surface area contributed by atoms with E-state index < -0.39 is 5.97 Å². The number of para-hydroxylation sites is 1. The predicted octanol–water partition coefficient (Wildman–Crippen LogP) is 4.69. The van der Waals surface area contributed by atoms with Crippen molar-refractivity contribution in [2.24, 2.45) is 0 Å². The van der Waals surface area contributed by atoms with Crippen LogP contribution in [-0.4, -0.2) is 27.9 Å². The van der Waals surface area contributed by atoms with Gasteiger partial charge in [0.1, 0.15) is 5.75 Å². The number of carboxylic acid groups (broad SMARTS) is 1. The van der Waals surface area contributed by atoms with Gasteiger partial charge in [-0.25, -0.2) is 0 Å². The number of hydrogen-bond donors (Lipinski definition) is 2. The third kappa shape index (κ3) is 3.29. The Hall–Kier alpha value is -1.76. The number of hydrogen-bond acceptors (Lipinski definition) is 4. The Morgan fingerprint density at radius 3 is 3.00 bits per heavy atom. The fraction of sp³-hybridized carbons (Fsp3) is 0.263. The van der Waals surface area contributed by atoms with Gasteiger partial charge >= 0.3 is 5.97 Å². The van der Waals surface area contributed by atoms with Crippen molar-refractivity contribution in [3.05, 3.63) is 58.1 Å². The zero-order chi connectivity index (χ0) is 18.3. The minimum Gasteiger partial charge on any atom is -0.493 e. The van der Waals surface area contributed by atoms with Gasteiger partial charge in [-0.3, -0.25) is 4.79 Å². The van der Waals surface area contributed by atoms with E-state index in [4.69, 9.17) is 28.6 Å². The Bertz CT molecular complexity index is 902. The van der Waals surface area contributed by atoms with E-state index in [-0.39, 0.29) is 16.9 Å². The molecule has 2 aromatic rings. The number of aliphatic carboxylic acids is 1. The molecule has 2 aromatic carbocycles. The smallest absolute Gasteiger partial charge is 0.304 e. The molecule has 4 rings (SSSR count). The van der Waals surface area contributed by atoms with Crippen LogP contribution in [0.5, 0.6) is 5.75 Å². The van der Waals surface area contributed by atoms with Crippen molar-refractivity contribution in [3.8, 4) is 5.75 Å². The van der Waals surface area contributed by atoms with E-state index in [1.807, 2.05) is 24.3 Å². The Kier molecular flexibility index (Phi) is 4.82. The van der Waals surface area contributed by atoms with Crippen LogP contribution in [0.4, 0.5) is 5.69 Å². The molecular weight excluding hydrogens is 390 g/mol. The molecule has 0 saturated heterocycles. The summed E-state index contributed by atoms with van der Waals surface area (Å²) in [6.45, 7) is 0.668. The number of benzene rings is 2. The molecule has 2 heterocycles. The summed E-state index contributed by atoms with van der Waals surface area (Å²) in [5.41, 5.74) is 4.07. The average molecular weight is 406 g/mol. The second-order valence-electron chi connectivity index (χ2n) is 6.26. The van der Waals surface area contributed by atoms with Gasteiger partial charge in [0.25, 0.3) is 0 Å². The highest BCUT2D eigenvalue weighted by atomic mass is 35.5. The van der Waals surface area contributed by atoms with Gasteiger partial charge in [0.05, 0.1) is 28.5 Å². The Morgan fingerprint density at radius 2 is 2.19 bits per heavy atom. The van der Waals surface area contributed by atoms with E-state index >= 15 is 0 Å². The Morgan fingerprint density at radius 1 is 1.35 bits per heavy atom. The minimum atomic E-state index is -0.871. The summed E-state index contributed by atoms with van der Waals surface area (Å²) >= 11 is 13.3. The summed E-state index contributed by atoms with van der Waals surface area (Å²) in [6.07, 6.45) is 0.850. The summed E-state index contributed by atoms with van der Waals surface area (Å²) in [5.74, 6) is 0.0294. The van der Waals surface area contributed by atoms with Crippen LogP contribution in [0.3, 0.4) is 0 Å². The lowest BCUT2D eigenvalue weighted by Gasteiger charge is -2.22. The van der Waals surface area contributed by atoms with Crippen LogP contribution in [0.2, 0.25) is 5.02 Å². The summed E-state index contributed by atoms with van der Waals surface area (Å²) in [4.78, 5) is 11.9. The second-order valence-corrected chi connectivity index (χ2v) is 8.45. The highest BCUT2D eigenvalue weighted by molar-refractivity contribution is 8.02. The number of halogens is 1. The van der Waals surface area contributed by atoms with Gasteiger partial charge in [-0.15, -0.1) is 11.8 Å². The topological polar surface area (TPSA) is 58.6 Å². The monoisotopic (exact) mass is 405 g/mol. The molecule has 134 valence electrons. The average Bonchev–Trinajstić information content (AvgIpc) is 3.04. The van der Waals surface area contributed by atoms with Crippen LogP contribution in [0.1, 0.15) is 28.4 Å². The molecule has 0 aromatic heterocycles. The molecule has 2 aliphatic heterocycles. The largest absolute Gasteiger partial charge is 0.493 e. The molecule has 0 saturated carbocycles. The zero-order valence-electron chi connectivity index (χ0n) is 13.7. The zero-order valence-corrected chi connectivity index (χ0v) is 16.1. The molecule has 0 spiro atoms. The first kappa shape index (κ1) is 17.6. The van der Waals surface area contributed by atoms with Crippen molar-refractivity contribution in [3.63, 3.8) is 0 Å². The molecule has 7 heteroatoms. The summed E-state index contributed by atoms with van der Waals surface area (Å²) in [5, 5.41) is 12.7. The van der Waals surface area contributed by atoms with Crippen molar-refractivity contribution >= 4 is 52.2 Å². The van der Waals surface area contributed by atoms with E-state index in [1.54, 1.807) is 6.07 Å². The first-order valence-electron chi connectivity index (χ1n) is 8.25. The van der Waals surface area contributed by atoms with E-state index in [2.05, 4.69) is 11.4 Å². The molecule has 0 aliphatic carbocycles. The number of ether oxygens (including phenoxy) is 1. The van der Waals surface area contributed by atoms with Gasteiger partial charge in [0.15, 0.2) is 0 Å². The fourth-order valence-corrected chi connectivity index (χ4v) is 5.33. The van der Waals surface area contributed by atoms with Crippen molar-refractivity contribution < 1.29 is 14.6 Å². The maximum absolute atomic E-state index is 11.3. The third-order valence-corrected chi connectivity index (χ3v) is 6.82. The second kappa shape index (κ2) is 7.10. The summed E-state index contributed by atoms with van der Waals surface area (Å²) in [7, 11) is 0. The van der Waals surface area contributed by atoms with Crippen molar-refractivity contribution in [1.29, 1.82) is 0 Å². The van der Waals surface area contributed by atoms with Gasteiger partial charge in [0.2, 0.25) is 0 Å². The first-order valence-corrected chi connectivity index (χ1v) is 9.98. The highest BCUT2D eigenvalue weighted by Gasteiger charge is 2.33. The van der Waals surface area contributed by atoms with E-state index in [9.17, 15) is 9.90 Å². The van der Waals surface area contributed by atoms with Gasteiger partial charge < -0.3 is 15.2 Å². The van der Waals surface area contributed by atoms with E-state index in [1.165, 1.54) is 17.3 Å². The molecule has 2 N–H and O–H groups in total. The Labute approximate surface area is 165 Å². The van der Waals surface area contributed by atoms with Crippen LogP contribution in [0.15, 0.2) is 36.4 Å². The maximum Gasteiger partial charge on any atom is 0.304 e. The third-order valence-electron chi connectivity index (χ3n) is 4.53. The number of thioether (sulfide) groups is 1. The van der Waals surface area contributed by atoms with Crippen LogP contribution in [0.25, 0.3) is 0 Å². The van der Waals surface area contributed by atoms with Crippen LogP contribution < -0.4 is 10.1 Å². The first-order chi connectivity index (χ1) is 12.5. The highest BCUT2D eigenvalue weighted by Crippen LogP contribution is 2.49. The van der Waals surface area contributed by atoms with Gasteiger partial charge in [-0.2, -0.15) is 0 Å². The predicted molar refractivity (Wildman–Crippen MR) is 109 cm³/mol. The number of nitrogens with one attached hydrogen (secondary N) is 1. The molecular formula is C19H16ClNO3S2. The van der Waals surface area contributed by atoms with Crippen LogP contribution in [-0.2, 0) is 11.2 Å². The minimum absolute atomic E-state index is 0.0371. The molecule has 2 aliphatic rings.